The molecule has 0 spiro atoms. The zero-order valence-electron chi connectivity index (χ0n) is 8.27. The quantitative estimate of drug-likeness (QED) is 0.827. The lowest BCUT2D eigenvalue weighted by atomic mass is 10.2. The van der Waals surface area contributed by atoms with Crippen LogP contribution in [0.2, 0.25) is 0 Å². The van der Waals surface area contributed by atoms with Crippen LogP contribution in [-0.2, 0) is 11.2 Å². The summed E-state index contributed by atoms with van der Waals surface area (Å²) in [7, 11) is 0. The van der Waals surface area contributed by atoms with E-state index in [0.717, 1.165) is 6.42 Å². The second-order valence-electron chi connectivity index (χ2n) is 3.90. The minimum Gasteiger partial charge on any atom is -0.481 e. The third-order valence-electron chi connectivity index (χ3n) is 2.77. The minimum atomic E-state index is -0.883. The highest BCUT2D eigenvalue weighted by molar-refractivity contribution is 5.69. The largest absolute Gasteiger partial charge is 0.481 e. The van der Waals surface area contributed by atoms with E-state index >= 15 is 0 Å². The van der Waals surface area contributed by atoms with Crippen molar-refractivity contribution in [2.45, 2.75) is 37.9 Å². The summed E-state index contributed by atoms with van der Waals surface area (Å²) < 4.78 is 14.7. The molecular weight excluding hydrogens is 199 g/mol. The minimum absolute atomic E-state index is 0.0318. The lowest BCUT2D eigenvalue weighted by molar-refractivity contribution is -0.136. The average molecular weight is 212 g/mol. The number of nitrogens with zero attached hydrogens (tertiary/aromatic N) is 2. The molecule has 0 aliphatic heterocycles. The molecule has 0 saturated heterocycles. The molecule has 1 saturated carbocycles. The van der Waals surface area contributed by atoms with E-state index in [1.54, 1.807) is 16.9 Å². The summed E-state index contributed by atoms with van der Waals surface area (Å²) in [4.78, 5) is 10.6. The van der Waals surface area contributed by atoms with Gasteiger partial charge in [-0.25, -0.2) is 4.39 Å². The van der Waals surface area contributed by atoms with Gasteiger partial charge in [-0.3, -0.25) is 9.48 Å². The van der Waals surface area contributed by atoms with Crippen LogP contribution in [0.25, 0.3) is 0 Å². The summed E-state index contributed by atoms with van der Waals surface area (Å²) in [6.07, 6.45) is 2.51. The van der Waals surface area contributed by atoms with Gasteiger partial charge >= 0.3 is 5.97 Å². The summed E-state index contributed by atoms with van der Waals surface area (Å²) in [5, 5.41) is 12.8. The van der Waals surface area contributed by atoms with E-state index in [9.17, 15) is 9.18 Å². The van der Waals surface area contributed by atoms with Gasteiger partial charge < -0.3 is 5.11 Å². The first-order chi connectivity index (χ1) is 7.16. The van der Waals surface area contributed by atoms with Crippen LogP contribution in [0, 0.1) is 0 Å². The highest BCUT2D eigenvalue weighted by Gasteiger charge is 2.27. The van der Waals surface area contributed by atoms with Crippen LogP contribution in [0.15, 0.2) is 12.3 Å². The molecule has 1 aromatic heterocycles. The van der Waals surface area contributed by atoms with E-state index in [1.165, 1.54) is 0 Å². The highest BCUT2D eigenvalue weighted by atomic mass is 19.1. The Morgan fingerprint density at radius 2 is 2.47 bits per heavy atom. The van der Waals surface area contributed by atoms with E-state index in [4.69, 9.17) is 5.11 Å². The molecule has 0 amide bonds. The Morgan fingerprint density at radius 3 is 3.07 bits per heavy atom. The molecule has 0 bridgehead atoms. The molecule has 4 nitrogen and oxygen atoms in total. The third-order valence-corrected chi connectivity index (χ3v) is 2.77. The predicted molar refractivity (Wildman–Crippen MR) is 51.4 cm³/mol. The van der Waals surface area contributed by atoms with Gasteiger partial charge in [-0.1, -0.05) is 0 Å². The fourth-order valence-corrected chi connectivity index (χ4v) is 2.09. The van der Waals surface area contributed by atoms with Crippen molar-refractivity contribution in [2.24, 2.45) is 0 Å². The number of hydrogen-bond acceptors (Lipinski definition) is 2. The molecule has 0 aromatic carbocycles. The number of hydrogen-bond donors (Lipinski definition) is 1. The van der Waals surface area contributed by atoms with Gasteiger partial charge in [0.2, 0.25) is 0 Å². The van der Waals surface area contributed by atoms with Crippen molar-refractivity contribution in [3.8, 4) is 0 Å². The first-order valence-corrected chi connectivity index (χ1v) is 5.05. The number of carbonyl (C=O) groups is 1. The molecule has 2 rings (SSSR count). The van der Waals surface area contributed by atoms with Crippen LogP contribution in [0.3, 0.4) is 0 Å². The van der Waals surface area contributed by atoms with E-state index in [2.05, 4.69) is 5.10 Å². The van der Waals surface area contributed by atoms with E-state index in [-0.39, 0.29) is 12.5 Å². The van der Waals surface area contributed by atoms with Gasteiger partial charge in [0, 0.05) is 18.3 Å². The highest BCUT2D eigenvalue weighted by Crippen LogP contribution is 2.32. The van der Waals surface area contributed by atoms with Crippen LogP contribution in [0.4, 0.5) is 4.39 Å². The Labute approximate surface area is 86.7 Å². The van der Waals surface area contributed by atoms with Crippen molar-refractivity contribution in [3.05, 3.63) is 18.0 Å². The van der Waals surface area contributed by atoms with Crippen molar-refractivity contribution in [2.75, 3.05) is 0 Å². The zero-order chi connectivity index (χ0) is 10.8. The summed E-state index contributed by atoms with van der Waals surface area (Å²) in [5.74, 6) is -0.883. The summed E-state index contributed by atoms with van der Waals surface area (Å²) >= 11 is 0. The maximum absolute atomic E-state index is 13.0. The number of carboxylic acid groups (broad SMARTS) is 1. The van der Waals surface area contributed by atoms with E-state index in [0.29, 0.717) is 18.5 Å². The third kappa shape index (κ3) is 2.16. The van der Waals surface area contributed by atoms with Gasteiger partial charge in [-0.2, -0.15) is 5.10 Å². The monoisotopic (exact) mass is 212 g/mol. The van der Waals surface area contributed by atoms with E-state index in [1.807, 2.05) is 0 Å². The second-order valence-corrected chi connectivity index (χ2v) is 3.90. The molecule has 15 heavy (non-hydrogen) atoms. The Hall–Kier alpha value is -1.39. The maximum Gasteiger partial charge on any atom is 0.309 e. The van der Waals surface area contributed by atoms with Gasteiger partial charge in [0.05, 0.1) is 12.5 Å². The average Bonchev–Trinajstić information content (AvgIpc) is 2.72. The fraction of sp³-hybridized carbons (Fsp3) is 0.600. The predicted octanol–water partition coefficient (Wildman–Crippen LogP) is 1.57. The molecule has 1 aromatic rings. The van der Waals surface area contributed by atoms with Gasteiger partial charge in [-0.05, 0) is 18.9 Å². The number of aromatic nitrogens is 2. The molecule has 1 fully saturated rings. The van der Waals surface area contributed by atoms with Crippen molar-refractivity contribution >= 4 is 5.97 Å². The van der Waals surface area contributed by atoms with Crippen LogP contribution >= 0.6 is 0 Å². The first-order valence-electron chi connectivity index (χ1n) is 5.05. The Bertz CT molecular complexity index is 364. The Morgan fingerprint density at radius 1 is 1.67 bits per heavy atom. The van der Waals surface area contributed by atoms with Crippen molar-refractivity contribution < 1.29 is 14.3 Å². The summed E-state index contributed by atoms with van der Waals surface area (Å²) in [6.45, 7) is 0. The first kappa shape index (κ1) is 10.1. The SMILES string of the molecule is O=C(O)Cc1ccnn1C1CCC(F)C1. The topological polar surface area (TPSA) is 55.1 Å². The van der Waals surface area contributed by atoms with Crippen LogP contribution < -0.4 is 0 Å². The van der Waals surface area contributed by atoms with Gasteiger partial charge in [0.15, 0.2) is 0 Å². The molecule has 82 valence electrons. The van der Waals surface area contributed by atoms with E-state index < -0.39 is 12.1 Å². The maximum atomic E-state index is 13.0. The Balaban J connectivity index is 2.14. The molecule has 1 heterocycles. The number of carboxylic acids is 1. The number of rotatable bonds is 3. The van der Waals surface area contributed by atoms with Crippen molar-refractivity contribution in [1.29, 1.82) is 0 Å². The lowest BCUT2D eigenvalue weighted by Crippen LogP contribution is -2.14. The molecule has 0 radical (unpaired) electrons. The molecular formula is C10H13FN2O2. The molecule has 2 atom stereocenters. The lowest BCUT2D eigenvalue weighted by Gasteiger charge is -2.12. The summed E-state index contributed by atoms with van der Waals surface area (Å²) in [5.41, 5.74) is 0.654. The fourth-order valence-electron chi connectivity index (χ4n) is 2.09. The molecule has 1 aliphatic rings. The van der Waals surface area contributed by atoms with Crippen LogP contribution in [0.1, 0.15) is 31.0 Å². The standard InChI is InChI=1S/C10H13FN2O2/c11-7-1-2-8(5-7)13-9(3-4-12-13)6-10(14)15/h3-4,7-8H,1-2,5-6H2,(H,14,15). The number of halogens is 1. The number of alkyl halides is 1. The van der Waals surface area contributed by atoms with Crippen LogP contribution in [-0.4, -0.2) is 27.0 Å². The smallest absolute Gasteiger partial charge is 0.309 e. The molecule has 2 unspecified atom stereocenters. The Kier molecular flexibility index (Phi) is 2.70. The van der Waals surface area contributed by atoms with Crippen LogP contribution in [0.5, 0.6) is 0 Å². The number of aliphatic carboxylic acids is 1. The molecule has 1 aliphatic carbocycles. The van der Waals surface area contributed by atoms with Crippen molar-refractivity contribution in [3.63, 3.8) is 0 Å². The molecule has 5 heteroatoms. The van der Waals surface area contributed by atoms with Gasteiger partial charge in [0.25, 0.3) is 0 Å². The van der Waals surface area contributed by atoms with Gasteiger partial charge in [0.1, 0.15) is 6.17 Å². The van der Waals surface area contributed by atoms with Crippen molar-refractivity contribution in [1.82, 2.24) is 9.78 Å². The summed E-state index contributed by atoms with van der Waals surface area (Å²) in [6, 6.07) is 1.71. The zero-order valence-corrected chi connectivity index (χ0v) is 8.27. The second kappa shape index (κ2) is 4.00. The molecule has 1 N–H and O–H groups in total. The van der Waals surface area contributed by atoms with Gasteiger partial charge in [-0.15, -0.1) is 0 Å². The normalized spacial score (nSPS) is 25.7.